The first kappa shape index (κ1) is 11.6. The number of hydrogen-bond donors (Lipinski definition) is 1. The molecule has 0 heterocycles. The summed E-state index contributed by atoms with van der Waals surface area (Å²) in [7, 11) is 0. The van der Waals surface area contributed by atoms with Crippen molar-refractivity contribution < 1.29 is 0 Å². The highest BCUT2D eigenvalue weighted by Gasteiger charge is 1.97. The van der Waals surface area contributed by atoms with Gasteiger partial charge in [-0.15, -0.1) is 11.8 Å². The van der Waals surface area contributed by atoms with Crippen LogP contribution in [0.15, 0.2) is 29.2 Å². The minimum atomic E-state index is 0.607. The molecule has 0 spiro atoms. The van der Waals surface area contributed by atoms with Crippen LogP contribution in [0.2, 0.25) is 0 Å². The molecule has 0 aliphatic heterocycles. The summed E-state index contributed by atoms with van der Waals surface area (Å²) in [5, 5.41) is 3.48. The lowest BCUT2D eigenvalue weighted by atomic mass is 10.2. The fraction of sp³-hybridized carbons (Fsp3) is 0.500. The van der Waals surface area contributed by atoms with Crippen LogP contribution in [0.1, 0.15) is 25.8 Å². The molecule has 0 radical (unpaired) electrons. The van der Waals surface area contributed by atoms with Crippen molar-refractivity contribution in [1.82, 2.24) is 5.32 Å². The summed E-state index contributed by atoms with van der Waals surface area (Å²) in [5.41, 5.74) is 1.36. The Morgan fingerprint density at radius 2 is 1.93 bits per heavy atom. The van der Waals surface area contributed by atoms with Gasteiger partial charge in [0.05, 0.1) is 0 Å². The van der Waals surface area contributed by atoms with Gasteiger partial charge in [-0.1, -0.05) is 19.1 Å². The molecule has 0 saturated heterocycles. The molecule has 1 aromatic carbocycles. The Kier molecular flexibility index (Phi) is 5.05. The van der Waals surface area contributed by atoms with Crippen LogP contribution in [0.25, 0.3) is 0 Å². The van der Waals surface area contributed by atoms with E-state index in [0.29, 0.717) is 6.04 Å². The zero-order chi connectivity index (χ0) is 10.4. The summed E-state index contributed by atoms with van der Waals surface area (Å²) in [6.07, 6.45) is 3.29. The molecule has 1 nitrogen and oxygen atoms in total. The van der Waals surface area contributed by atoms with Gasteiger partial charge in [-0.05, 0) is 37.3 Å². The van der Waals surface area contributed by atoms with Crippen molar-refractivity contribution in [2.45, 2.75) is 37.8 Å². The Morgan fingerprint density at radius 1 is 1.29 bits per heavy atom. The Balaban J connectivity index is 2.43. The molecule has 0 aliphatic rings. The molecule has 1 rings (SSSR count). The number of rotatable bonds is 5. The third-order valence-corrected chi connectivity index (χ3v) is 3.17. The van der Waals surface area contributed by atoms with Crippen molar-refractivity contribution in [3.05, 3.63) is 29.8 Å². The van der Waals surface area contributed by atoms with Crippen molar-refractivity contribution in [3.63, 3.8) is 0 Å². The van der Waals surface area contributed by atoms with E-state index in [9.17, 15) is 0 Å². The highest BCUT2D eigenvalue weighted by Crippen LogP contribution is 2.14. The maximum Gasteiger partial charge on any atom is 0.0207 e. The van der Waals surface area contributed by atoms with Gasteiger partial charge in [-0.3, -0.25) is 0 Å². The summed E-state index contributed by atoms with van der Waals surface area (Å²) in [6, 6.07) is 9.36. The Bertz CT molecular complexity index is 256. The molecule has 1 aromatic rings. The molecule has 1 unspecified atom stereocenters. The van der Waals surface area contributed by atoms with E-state index in [4.69, 9.17) is 0 Å². The third kappa shape index (κ3) is 3.72. The number of benzene rings is 1. The zero-order valence-electron chi connectivity index (χ0n) is 9.21. The molecule has 2 heteroatoms. The fourth-order valence-electron chi connectivity index (χ4n) is 1.18. The van der Waals surface area contributed by atoms with Gasteiger partial charge in [-0.25, -0.2) is 0 Å². The van der Waals surface area contributed by atoms with E-state index >= 15 is 0 Å². The van der Waals surface area contributed by atoms with E-state index in [2.05, 4.69) is 49.7 Å². The smallest absolute Gasteiger partial charge is 0.0207 e. The summed E-state index contributed by atoms with van der Waals surface area (Å²) in [6.45, 7) is 5.40. The van der Waals surface area contributed by atoms with Gasteiger partial charge in [0.25, 0.3) is 0 Å². The standard InChI is InChI=1S/C12H19NS/c1-4-10(2)13-9-11-5-7-12(14-3)8-6-11/h5-8,10,13H,4,9H2,1-3H3. The monoisotopic (exact) mass is 209 g/mol. The van der Waals surface area contributed by atoms with Crippen LogP contribution < -0.4 is 5.32 Å². The molecular formula is C12H19NS. The fourth-order valence-corrected chi connectivity index (χ4v) is 1.59. The van der Waals surface area contributed by atoms with Crippen LogP contribution in [-0.2, 0) is 6.54 Å². The summed E-state index contributed by atoms with van der Waals surface area (Å²) >= 11 is 1.79. The molecule has 0 fully saturated rings. The average Bonchev–Trinajstić information content (AvgIpc) is 2.26. The van der Waals surface area contributed by atoms with Crippen molar-refractivity contribution in [3.8, 4) is 0 Å². The van der Waals surface area contributed by atoms with Gasteiger partial charge in [0, 0.05) is 17.5 Å². The lowest BCUT2D eigenvalue weighted by Crippen LogP contribution is -2.24. The van der Waals surface area contributed by atoms with Gasteiger partial charge in [-0.2, -0.15) is 0 Å². The molecular weight excluding hydrogens is 190 g/mol. The van der Waals surface area contributed by atoms with Crippen LogP contribution in [0.4, 0.5) is 0 Å². The van der Waals surface area contributed by atoms with Crippen molar-refractivity contribution in [2.75, 3.05) is 6.26 Å². The molecule has 0 aliphatic carbocycles. The Hall–Kier alpha value is -0.470. The molecule has 78 valence electrons. The average molecular weight is 209 g/mol. The predicted octanol–water partition coefficient (Wildman–Crippen LogP) is 3.30. The van der Waals surface area contributed by atoms with Gasteiger partial charge < -0.3 is 5.32 Å². The topological polar surface area (TPSA) is 12.0 Å². The normalized spacial score (nSPS) is 12.8. The minimum Gasteiger partial charge on any atom is -0.310 e. The Labute approximate surface area is 91.3 Å². The van der Waals surface area contributed by atoms with E-state index in [0.717, 1.165) is 6.54 Å². The molecule has 1 atom stereocenters. The molecule has 0 bridgehead atoms. The first-order valence-electron chi connectivity index (χ1n) is 5.12. The number of thioether (sulfide) groups is 1. The van der Waals surface area contributed by atoms with Crippen LogP contribution in [0.3, 0.4) is 0 Å². The molecule has 0 amide bonds. The van der Waals surface area contributed by atoms with Gasteiger partial charge in [0.1, 0.15) is 0 Å². The van der Waals surface area contributed by atoms with Crippen molar-refractivity contribution >= 4 is 11.8 Å². The number of hydrogen-bond acceptors (Lipinski definition) is 2. The number of nitrogens with one attached hydrogen (secondary N) is 1. The molecule has 14 heavy (non-hydrogen) atoms. The maximum absolute atomic E-state index is 3.48. The molecule has 0 saturated carbocycles. The van der Waals surface area contributed by atoms with Crippen LogP contribution in [0.5, 0.6) is 0 Å². The van der Waals surface area contributed by atoms with Gasteiger partial charge in [0.15, 0.2) is 0 Å². The predicted molar refractivity (Wildman–Crippen MR) is 64.8 cm³/mol. The van der Waals surface area contributed by atoms with E-state index in [1.165, 1.54) is 16.9 Å². The van der Waals surface area contributed by atoms with Crippen LogP contribution >= 0.6 is 11.8 Å². The zero-order valence-corrected chi connectivity index (χ0v) is 10.0. The summed E-state index contributed by atoms with van der Waals surface area (Å²) in [5.74, 6) is 0. The quantitative estimate of drug-likeness (QED) is 0.747. The maximum atomic E-state index is 3.48. The molecule has 0 aromatic heterocycles. The van der Waals surface area contributed by atoms with E-state index < -0.39 is 0 Å². The van der Waals surface area contributed by atoms with Crippen molar-refractivity contribution in [1.29, 1.82) is 0 Å². The van der Waals surface area contributed by atoms with E-state index in [-0.39, 0.29) is 0 Å². The molecule has 1 N–H and O–H groups in total. The second-order valence-corrected chi connectivity index (χ2v) is 4.42. The summed E-state index contributed by atoms with van der Waals surface area (Å²) in [4.78, 5) is 1.33. The van der Waals surface area contributed by atoms with Gasteiger partial charge in [0.2, 0.25) is 0 Å². The minimum absolute atomic E-state index is 0.607. The van der Waals surface area contributed by atoms with E-state index in [1.807, 2.05) is 0 Å². The lowest BCUT2D eigenvalue weighted by molar-refractivity contribution is 0.534. The summed E-state index contributed by atoms with van der Waals surface area (Å²) < 4.78 is 0. The third-order valence-electron chi connectivity index (χ3n) is 2.43. The first-order valence-corrected chi connectivity index (χ1v) is 6.35. The van der Waals surface area contributed by atoms with Crippen LogP contribution in [0, 0.1) is 0 Å². The van der Waals surface area contributed by atoms with Crippen LogP contribution in [-0.4, -0.2) is 12.3 Å². The SMILES string of the molecule is CCC(C)NCc1ccc(SC)cc1. The van der Waals surface area contributed by atoms with E-state index in [1.54, 1.807) is 11.8 Å². The highest BCUT2D eigenvalue weighted by molar-refractivity contribution is 7.98. The lowest BCUT2D eigenvalue weighted by Gasteiger charge is -2.11. The second kappa shape index (κ2) is 6.10. The van der Waals surface area contributed by atoms with Crippen molar-refractivity contribution in [2.24, 2.45) is 0 Å². The second-order valence-electron chi connectivity index (χ2n) is 3.54. The first-order chi connectivity index (χ1) is 6.76. The highest BCUT2D eigenvalue weighted by atomic mass is 32.2. The largest absolute Gasteiger partial charge is 0.310 e. The Morgan fingerprint density at radius 3 is 2.43 bits per heavy atom. The van der Waals surface area contributed by atoms with Gasteiger partial charge >= 0.3 is 0 Å².